The number of benzene rings is 2. The van der Waals surface area contributed by atoms with Gasteiger partial charge in [0.15, 0.2) is 0 Å². The lowest BCUT2D eigenvalue weighted by Crippen LogP contribution is -2.15. The molecule has 2 N–H and O–H groups in total. The zero-order valence-electron chi connectivity index (χ0n) is 12.0. The van der Waals surface area contributed by atoms with Crippen molar-refractivity contribution < 1.29 is 13.2 Å². The van der Waals surface area contributed by atoms with Gasteiger partial charge >= 0.3 is 0 Å². The van der Waals surface area contributed by atoms with E-state index in [0.717, 1.165) is 0 Å². The molecule has 0 unspecified atom stereocenters. The summed E-state index contributed by atoms with van der Waals surface area (Å²) in [5.41, 5.74) is 0.980. The highest BCUT2D eigenvalue weighted by atomic mass is 32.2. The van der Waals surface area contributed by atoms with E-state index in [0.29, 0.717) is 23.7 Å². The van der Waals surface area contributed by atoms with Crippen molar-refractivity contribution >= 4 is 21.4 Å². The first-order valence-corrected chi connectivity index (χ1v) is 8.05. The molecule has 0 heterocycles. The van der Waals surface area contributed by atoms with Gasteiger partial charge in [-0.25, -0.2) is 8.42 Å². The lowest BCUT2D eigenvalue weighted by atomic mass is 10.3. The number of ether oxygens (including phenoxy) is 1. The Bertz CT molecular complexity index is 714. The maximum atomic E-state index is 12.6. The SMILES string of the molecule is CCNc1ccccc1S(=O)(=O)Nc1ccccc1OC. The molecule has 0 spiro atoms. The fourth-order valence-electron chi connectivity index (χ4n) is 1.97. The van der Waals surface area contributed by atoms with Gasteiger partial charge in [-0.1, -0.05) is 24.3 Å². The maximum Gasteiger partial charge on any atom is 0.264 e. The Morgan fingerprint density at radius 1 is 1.00 bits per heavy atom. The van der Waals surface area contributed by atoms with Crippen molar-refractivity contribution in [3.05, 3.63) is 48.5 Å². The molecule has 2 aromatic rings. The number of anilines is 2. The van der Waals surface area contributed by atoms with E-state index in [1.807, 2.05) is 6.92 Å². The molecule has 0 aliphatic carbocycles. The van der Waals surface area contributed by atoms with Gasteiger partial charge in [-0.05, 0) is 31.2 Å². The molecule has 2 aromatic carbocycles. The van der Waals surface area contributed by atoms with Gasteiger partial charge in [-0.2, -0.15) is 0 Å². The first-order valence-electron chi connectivity index (χ1n) is 6.57. The van der Waals surface area contributed by atoms with Crippen LogP contribution in [0.5, 0.6) is 5.75 Å². The van der Waals surface area contributed by atoms with E-state index in [2.05, 4.69) is 10.0 Å². The summed E-state index contributed by atoms with van der Waals surface area (Å²) in [7, 11) is -2.19. The van der Waals surface area contributed by atoms with Crippen LogP contribution in [-0.4, -0.2) is 22.1 Å². The summed E-state index contributed by atoms with van der Waals surface area (Å²) in [6.45, 7) is 2.55. The van der Waals surface area contributed by atoms with Crippen LogP contribution < -0.4 is 14.8 Å². The molecular weight excluding hydrogens is 288 g/mol. The normalized spacial score (nSPS) is 11.0. The Morgan fingerprint density at radius 3 is 2.29 bits per heavy atom. The number of sulfonamides is 1. The third-order valence-electron chi connectivity index (χ3n) is 2.90. The lowest BCUT2D eigenvalue weighted by molar-refractivity contribution is 0.417. The zero-order chi connectivity index (χ0) is 15.3. The predicted molar refractivity (Wildman–Crippen MR) is 84.4 cm³/mol. The van der Waals surface area contributed by atoms with Crippen molar-refractivity contribution in [2.75, 3.05) is 23.7 Å². The molecule has 0 radical (unpaired) electrons. The van der Waals surface area contributed by atoms with Crippen LogP contribution in [0.2, 0.25) is 0 Å². The molecule has 0 aliphatic heterocycles. The summed E-state index contributed by atoms with van der Waals surface area (Å²) < 4.78 is 32.8. The highest BCUT2D eigenvalue weighted by molar-refractivity contribution is 7.92. The molecule has 0 amide bonds. The standard InChI is InChI=1S/C15H18N2O3S/c1-3-16-13-9-5-7-11-15(13)21(18,19)17-12-8-4-6-10-14(12)20-2/h4-11,16-17H,3H2,1-2H3. The van der Waals surface area contributed by atoms with Crippen molar-refractivity contribution in [3.8, 4) is 5.75 Å². The van der Waals surface area contributed by atoms with Crippen molar-refractivity contribution in [2.24, 2.45) is 0 Å². The third-order valence-corrected chi connectivity index (χ3v) is 4.32. The van der Waals surface area contributed by atoms with Gasteiger partial charge in [0.1, 0.15) is 10.6 Å². The second kappa shape index (κ2) is 6.49. The highest BCUT2D eigenvalue weighted by Crippen LogP contribution is 2.28. The Labute approximate surface area is 125 Å². The number of hydrogen-bond acceptors (Lipinski definition) is 4. The van der Waals surface area contributed by atoms with Crippen LogP contribution in [0.15, 0.2) is 53.4 Å². The molecule has 0 atom stereocenters. The maximum absolute atomic E-state index is 12.6. The minimum Gasteiger partial charge on any atom is -0.495 e. The van der Waals surface area contributed by atoms with Crippen LogP contribution in [0.4, 0.5) is 11.4 Å². The van der Waals surface area contributed by atoms with E-state index >= 15 is 0 Å². The summed E-state index contributed by atoms with van der Waals surface area (Å²) in [4.78, 5) is 0.206. The molecule has 112 valence electrons. The van der Waals surface area contributed by atoms with E-state index in [4.69, 9.17) is 4.74 Å². The molecule has 21 heavy (non-hydrogen) atoms. The van der Waals surface area contributed by atoms with E-state index in [1.165, 1.54) is 7.11 Å². The topological polar surface area (TPSA) is 67.4 Å². The van der Waals surface area contributed by atoms with Crippen LogP contribution in [-0.2, 0) is 10.0 Å². The smallest absolute Gasteiger partial charge is 0.264 e. The molecular formula is C15H18N2O3S. The fraction of sp³-hybridized carbons (Fsp3) is 0.200. The summed E-state index contributed by atoms with van der Waals surface area (Å²) in [5.74, 6) is 0.474. The second-order valence-corrected chi connectivity index (χ2v) is 5.98. The van der Waals surface area contributed by atoms with Gasteiger partial charge in [0, 0.05) is 6.54 Å². The summed E-state index contributed by atoms with van der Waals surface area (Å²) >= 11 is 0. The Hall–Kier alpha value is -2.21. The molecule has 5 nitrogen and oxygen atoms in total. The van der Waals surface area contributed by atoms with Gasteiger partial charge in [0.05, 0.1) is 18.5 Å². The minimum atomic E-state index is -3.69. The second-order valence-electron chi connectivity index (χ2n) is 4.33. The lowest BCUT2D eigenvalue weighted by Gasteiger charge is -2.14. The van der Waals surface area contributed by atoms with Crippen LogP contribution in [0.1, 0.15) is 6.92 Å². The van der Waals surface area contributed by atoms with Gasteiger partial charge in [0.25, 0.3) is 10.0 Å². The summed E-state index contributed by atoms with van der Waals surface area (Å²) in [6.07, 6.45) is 0. The largest absolute Gasteiger partial charge is 0.495 e. The Balaban J connectivity index is 2.39. The number of rotatable bonds is 6. The molecule has 2 rings (SSSR count). The first-order chi connectivity index (χ1) is 10.1. The van der Waals surface area contributed by atoms with Crippen molar-refractivity contribution in [3.63, 3.8) is 0 Å². The molecule has 0 aromatic heterocycles. The molecule has 0 bridgehead atoms. The number of methoxy groups -OCH3 is 1. The van der Waals surface area contributed by atoms with Crippen LogP contribution in [0.3, 0.4) is 0 Å². The van der Waals surface area contributed by atoms with Crippen LogP contribution in [0, 0.1) is 0 Å². The Morgan fingerprint density at radius 2 is 1.62 bits per heavy atom. The van der Waals surface area contributed by atoms with Gasteiger partial charge in [-0.3, -0.25) is 4.72 Å². The molecule has 0 aliphatic rings. The summed E-state index contributed by atoms with van der Waals surface area (Å²) in [5, 5.41) is 3.05. The zero-order valence-corrected chi connectivity index (χ0v) is 12.8. The fourth-order valence-corrected chi connectivity index (χ4v) is 3.22. The molecule has 0 fully saturated rings. The van der Waals surface area contributed by atoms with Crippen molar-refractivity contribution in [1.82, 2.24) is 0 Å². The van der Waals surface area contributed by atoms with Gasteiger partial charge < -0.3 is 10.1 Å². The number of para-hydroxylation sites is 3. The van der Waals surface area contributed by atoms with Crippen LogP contribution in [0.25, 0.3) is 0 Å². The summed E-state index contributed by atoms with van der Waals surface area (Å²) in [6, 6.07) is 13.7. The third kappa shape index (κ3) is 3.46. The van der Waals surface area contributed by atoms with Gasteiger partial charge in [0.2, 0.25) is 0 Å². The molecule has 0 saturated carbocycles. The predicted octanol–water partition coefficient (Wildman–Crippen LogP) is 2.93. The number of hydrogen-bond donors (Lipinski definition) is 2. The van der Waals surface area contributed by atoms with Crippen molar-refractivity contribution in [1.29, 1.82) is 0 Å². The average molecular weight is 306 g/mol. The molecule has 0 saturated heterocycles. The quantitative estimate of drug-likeness (QED) is 0.861. The van der Waals surface area contributed by atoms with E-state index in [1.54, 1.807) is 48.5 Å². The van der Waals surface area contributed by atoms with Crippen molar-refractivity contribution in [2.45, 2.75) is 11.8 Å². The highest BCUT2D eigenvalue weighted by Gasteiger charge is 2.19. The minimum absolute atomic E-state index is 0.206. The van der Waals surface area contributed by atoms with E-state index < -0.39 is 10.0 Å². The monoisotopic (exact) mass is 306 g/mol. The van der Waals surface area contributed by atoms with Crippen LogP contribution >= 0.6 is 0 Å². The van der Waals surface area contributed by atoms with E-state index in [-0.39, 0.29) is 4.90 Å². The number of nitrogens with one attached hydrogen (secondary N) is 2. The average Bonchev–Trinajstić information content (AvgIpc) is 2.48. The van der Waals surface area contributed by atoms with Gasteiger partial charge in [-0.15, -0.1) is 0 Å². The molecule has 6 heteroatoms. The van der Waals surface area contributed by atoms with E-state index in [9.17, 15) is 8.42 Å². The first kappa shape index (κ1) is 15.2. The Kier molecular flexibility index (Phi) is 4.70.